The van der Waals surface area contributed by atoms with Crippen molar-refractivity contribution in [2.24, 2.45) is 0 Å². The Bertz CT molecular complexity index is 1850. The second kappa shape index (κ2) is 8.65. The van der Waals surface area contributed by atoms with Gasteiger partial charge in [0.15, 0.2) is 0 Å². The van der Waals surface area contributed by atoms with Gasteiger partial charge in [-0.2, -0.15) is 5.26 Å². The molecule has 0 saturated carbocycles. The molecule has 0 aromatic heterocycles. The highest BCUT2D eigenvalue weighted by Crippen LogP contribution is 2.62. The Hall–Kier alpha value is -5.26. The Morgan fingerprint density at radius 1 is 0.641 bits per heavy atom. The summed E-state index contributed by atoms with van der Waals surface area (Å²) < 4.78 is 0. The molecule has 0 heterocycles. The average Bonchev–Trinajstić information content (AvgIpc) is 3.47. The summed E-state index contributed by atoms with van der Waals surface area (Å²) in [5.74, 6) is 0. The predicted octanol–water partition coefficient (Wildman–Crippen LogP) is 8.70. The first-order chi connectivity index (χ1) is 19.2. The van der Waals surface area contributed by atoms with Gasteiger partial charge in [-0.25, -0.2) is 0 Å². The Balaban J connectivity index is 1.46. The van der Waals surface area contributed by atoms with Crippen molar-refractivity contribution in [3.8, 4) is 39.4 Å². The number of benzene rings is 5. The summed E-state index contributed by atoms with van der Waals surface area (Å²) in [4.78, 5) is 0. The molecular weight excluding hydrogens is 472 g/mol. The molecule has 0 aliphatic heterocycles. The first-order valence-corrected chi connectivity index (χ1v) is 13.0. The molecule has 5 aromatic carbocycles. The van der Waals surface area contributed by atoms with E-state index in [0.717, 1.165) is 16.7 Å². The summed E-state index contributed by atoms with van der Waals surface area (Å²) >= 11 is 0. The third kappa shape index (κ3) is 3.17. The number of nitrogens with one attached hydrogen (secondary N) is 1. The monoisotopic (exact) mass is 496 g/mol. The first-order valence-electron chi connectivity index (χ1n) is 13.0. The first kappa shape index (κ1) is 22.9. The molecule has 2 nitrogen and oxygen atoms in total. The molecule has 0 unspecified atom stereocenters. The van der Waals surface area contributed by atoms with Crippen LogP contribution < -0.4 is 0 Å². The summed E-state index contributed by atoms with van der Waals surface area (Å²) in [7, 11) is 0. The molecule has 2 heteroatoms. The Morgan fingerprint density at radius 2 is 1.18 bits per heavy atom. The van der Waals surface area contributed by atoms with E-state index in [1.54, 1.807) is 6.08 Å². The highest BCUT2D eigenvalue weighted by atomic mass is 14.5. The molecule has 2 aliphatic rings. The summed E-state index contributed by atoms with van der Waals surface area (Å²) in [6.07, 6.45) is 3.04. The van der Waals surface area contributed by atoms with Gasteiger partial charge >= 0.3 is 0 Å². The number of fused-ring (bicyclic) bond motifs is 10. The number of hydrogen-bond acceptors (Lipinski definition) is 2. The normalized spacial score (nSPS) is 13.7. The zero-order chi connectivity index (χ0) is 26.6. The minimum atomic E-state index is -0.381. The van der Waals surface area contributed by atoms with Crippen molar-refractivity contribution < 1.29 is 0 Å². The lowest BCUT2D eigenvalue weighted by Crippen LogP contribution is -2.25. The average molecular weight is 497 g/mol. The summed E-state index contributed by atoms with van der Waals surface area (Å²) in [6, 6.07) is 43.3. The van der Waals surface area contributed by atoms with Gasteiger partial charge in [-0.05, 0) is 73.8 Å². The molecule has 5 aromatic rings. The third-order valence-corrected chi connectivity index (χ3v) is 8.15. The van der Waals surface area contributed by atoms with Gasteiger partial charge in [0.25, 0.3) is 0 Å². The second-order valence-electron chi connectivity index (χ2n) is 10.1. The highest BCUT2D eigenvalue weighted by molar-refractivity contribution is 6.08. The minimum Gasteiger partial charge on any atom is -0.300 e. The van der Waals surface area contributed by atoms with E-state index in [2.05, 4.69) is 110 Å². The van der Waals surface area contributed by atoms with Crippen molar-refractivity contribution in [3.63, 3.8) is 0 Å². The van der Waals surface area contributed by atoms with Crippen LogP contribution >= 0.6 is 0 Å². The van der Waals surface area contributed by atoms with E-state index >= 15 is 0 Å². The van der Waals surface area contributed by atoms with Crippen LogP contribution in [-0.2, 0) is 5.41 Å². The molecule has 2 aliphatic carbocycles. The van der Waals surface area contributed by atoms with E-state index in [4.69, 9.17) is 5.41 Å². The Morgan fingerprint density at radius 3 is 1.74 bits per heavy atom. The number of nitriles is 1. The molecule has 182 valence electrons. The fraction of sp³-hybridized carbons (Fsp3) is 0.0270. The molecule has 0 fully saturated rings. The smallest absolute Gasteiger partial charge is 0.0992 e. The van der Waals surface area contributed by atoms with E-state index in [-0.39, 0.29) is 11.1 Å². The van der Waals surface area contributed by atoms with Gasteiger partial charge in [-0.15, -0.1) is 0 Å². The zero-order valence-corrected chi connectivity index (χ0v) is 21.3. The van der Waals surface area contributed by atoms with E-state index in [1.165, 1.54) is 50.6 Å². The summed E-state index contributed by atoms with van der Waals surface area (Å²) in [5, 5.41) is 17.8. The van der Waals surface area contributed by atoms with Crippen LogP contribution in [0, 0.1) is 16.7 Å². The van der Waals surface area contributed by atoms with Crippen LogP contribution in [0.3, 0.4) is 0 Å². The molecule has 0 saturated heterocycles. The standard InChI is InChI=1S/C37H24N2/c1-2-24(23-38)20-36(39)27-11-9-10-25(21-27)26-18-19-31-30-14-5-8-17-34(30)37(35(31)22-26)32-15-6-3-12-28(32)29-13-4-7-16-33(29)37/h2-22,39H,1H2/b24-20+,39-36?. The van der Waals surface area contributed by atoms with Crippen molar-refractivity contribution >= 4 is 5.71 Å². The van der Waals surface area contributed by atoms with Gasteiger partial charge in [0, 0.05) is 5.56 Å². The molecular formula is C37H24N2. The fourth-order valence-electron chi connectivity index (χ4n) is 6.52. The Kier molecular flexibility index (Phi) is 5.08. The molecule has 7 rings (SSSR count). The summed E-state index contributed by atoms with van der Waals surface area (Å²) in [6.45, 7) is 3.67. The summed E-state index contributed by atoms with van der Waals surface area (Å²) in [5.41, 5.74) is 13.6. The van der Waals surface area contributed by atoms with Crippen molar-refractivity contribution in [1.29, 1.82) is 10.7 Å². The van der Waals surface area contributed by atoms with Crippen LogP contribution in [0.15, 0.2) is 140 Å². The van der Waals surface area contributed by atoms with Crippen LogP contribution in [0.25, 0.3) is 33.4 Å². The van der Waals surface area contributed by atoms with Gasteiger partial charge in [0.05, 0.1) is 22.8 Å². The minimum absolute atomic E-state index is 0.289. The lowest BCUT2D eigenvalue weighted by Gasteiger charge is -2.30. The van der Waals surface area contributed by atoms with Crippen LogP contribution in [0.5, 0.6) is 0 Å². The van der Waals surface area contributed by atoms with E-state index in [9.17, 15) is 5.26 Å². The van der Waals surface area contributed by atoms with E-state index in [1.807, 2.05) is 18.2 Å². The second-order valence-corrected chi connectivity index (χ2v) is 10.1. The molecule has 1 N–H and O–H groups in total. The number of rotatable bonds is 4. The maximum Gasteiger partial charge on any atom is 0.0992 e. The molecule has 0 bridgehead atoms. The fourth-order valence-corrected chi connectivity index (χ4v) is 6.52. The number of allylic oxidation sites excluding steroid dienone is 3. The van der Waals surface area contributed by atoms with Crippen LogP contribution in [0.1, 0.15) is 27.8 Å². The van der Waals surface area contributed by atoms with Crippen molar-refractivity contribution in [1.82, 2.24) is 0 Å². The highest BCUT2D eigenvalue weighted by Gasteiger charge is 2.51. The van der Waals surface area contributed by atoms with Crippen LogP contribution in [0.2, 0.25) is 0 Å². The third-order valence-electron chi connectivity index (χ3n) is 8.15. The maximum atomic E-state index is 9.27. The van der Waals surface area contributed by atoms with E-state index < -0.39 is 0 Å². The molecule has 0 atom stereocenters. The van der Waals surface area contributed by atoms with Gasteiger partial charge < -0.3 is 5.41 Å². The molecule has 1 spiro atoms. The van der Waals surface area contributed by atoms with Gasteiger partial charge in [-0.3, -0.25) is 0 Å². The van der Waals surface area contributed by atoms with Crippen molar-refractivity contribution in [2.45, 2.75) is 5.41 Å². The van der Waals surface area contributed by atoms with Crippen LogP contribution in [0.4, 0.5) is 0 Å². The number of nitrogens with zero attached hydrogens (tertiary/aromatic N) is 1. The van der Waals surface area contributed by atoms with Gasteiger partial charge in [0.1, 0.15) is 0 Å². The zero-order valence-electron chi connectivity index (χ0n) is 21.3. The maximum absolute atomic E-state index is 9.27. The predicted molar refractivity (Wildman–Crippen MR) is 159 cm³/mol. The lowest BCUT2D eigenvalue weighted by atomic mass is 9.70. The topological polar surface area (TPSA) is 47.6 Å². The molecule has 39 heavy (non-hydrogen) atoms. The van der Waals surface area contributed by atoms with Crippen molar-refractivity contribution in [2.75, 3.05) is 0 Å². The number of hydrogen-bond donors (Lipinski definition) is 1. The quantitative estimate of drug-likeness (QED) is 0.148. The van der Waals surface area contributed by atoms with Crippen LogP contribution in [-0.4, -0.2) is 5.71 Å². The lowest BCUT2D eigenvalue weighted by molar-refractivity contribution is 0.794. The SMILES string of the molecule is C=C/C(C#N)=C\C(=N)c1cccc(-c2ccc3c(c2)C2(c4ccccc4-c4ccccc42)c2ccccc2-3)c1. The van der Waals surface area contributed by atoms with Crippen molar-refractivity contribution in [3.05, 3.63) is 167 Å². The van der Waals surface area contributed by atoms with Gasteiger partial charge in [-0.1, -0.05) is 116 Å². The largest absolute Gasteiger partial charge is 0.300 e. The Labute approximate surface area is 228 Å². The molecule has 0 radical (unpaired) electrons. The molecule has 0 amide bonds. The van der Waals surface area contributed by atoms with Gasteiger partial charge in [0.2, 0.25) is 0 Å². The van der Waals surface area contributed by atoms with E-state index in [0.29, 0.717) is 5.57 Å².